The molecule has 1 amide bonds. The van der Waals surface area contributed by atoms with Gasteiger partial charge in [-0.15, -0.1) is 5.10 Å². The van der Waals surface area contributed by atoms with Gasteiger partial charge < -0.3 is 14.1 Å². The van der Waals surface area contributed by atoms with E-state index < -0.39 is 0 Å². The summed E-state index contributed by atoms with van der Waals surface area (Å²) in [7, 11) is 1.63. The smallest absolute Gasteiger partial charge is 0.289 e. The maximum Gasteiger partial charge on any atom is 0.289 e. The van der Waals surface area contributed by atoms with Crippen molar-refractivity contribution in [3.8, 4) is 5.75 Å². The molecule has 0 spiro atoms. The monoisotopic (exact) mass is 476 g/mol. The number of furan rings is 1. The van der Waals surface area contributed by atoms with Gasteiger partial charge in [0.15, 0.2) is 11.6 Å². The number of piperazine rings is 1. The highest BCUT2D eigenvalue weighted by Gasteiger charge is 2.32. The Morgan fingerprint density at radius 2 is 1.80 bits per heavy atom. The normalized spacial score (nSPS) is 15.2. The highest BCUT2D eigenvalue weighted by atomic mass is 19.1. The zero-order chi connectivity index (χ0) is 24.2. The van der Waals surface area contributed by atoms with Crippen LogP contribution in [-0.4, -0.2) is 69.2 Å². The lowest BCUT2D eigenvalue weighted by molar-refractivity contribution is 0.0559. The minimum Gasteiger partial charge on any atom is -0.497 e. The number of carbonyl (C=O) groups is 1. The number of ether oxygens (including phenoxy) is 1. The lowest BCUT2D eigenvalue weighted by Gasteiger charge is -2.38. The number of hydrogen-bond donors (Lipinski definition) is 0. The van der Waals surface area contributed by atoms with Crippen LogP contribution >= 0.6 is 0 Å². The molecule has 2 aromatic heterocycles. The van der Waals surface area contributed by atoms with E-state index in [0.717, 1.165) is 16.9 Å². The van der Waals surface area contributed by atoms with Crippen LogP contribution in [0.3, 0.4) is 0 Å². The molecule has 1 fully saturated rings. The van der Waals surface area contributed by atoms with Gasteiger partial charge in [-0.25, -0.2) is 9.07 Å². The number of rotatable bonds is 7. The Balaban J connectivity index is 1.41. The number of halogens is 1. The SMILES string of the molecule is COc1ccc([C@@H](c2nnnn2Cc2ccc(F)cc2)N2CCN(C(=O)c3ccco3)CC2)cc1. The molecule has 1 aliphatic heterocycles. The quantitative estimate of drug-likeness (QED) is 0.405. The molecule has 10 heteroatoms. The number of tetrazole rings is 1. The van der Waals surface area contributed by atoms with Gasteiger partial charge in [0.1, 0.15) is 11.6 Å². The zero-order valence-corrected chi connectivity index (χ0v) is 19.2. The number of aromatic nitrogens is 4. The van der Waals surface area contributed by atoms with Crippen molar-refractivity contribution in [2.45, 2.75) is 12.6 Å². The first kappa shape index (κ1) is 22.7. The molecule has 0 bridgehead atoms. The average molecular weight is 477 g/mol. The minimum absolute atomic E-state index is 0.114. The summed E-state index contributed by atoms with van der Waals surface area (Å²) in [6.07, 6.45) is 1.50. The molecule has 9 nitrogen and oxygen atoms in total. The predicted octanol–water partition coefficient (Wildman–Crippen LogP) is 3.01. The van der Waals surface area contributed by atoms with Crippen LogP contribution in [0.2, 0.25) is 0 Å². The van der Waals surface area contributed by atoms with Crippen LogP contribution in [0.4, 0.5) is 4.39 Å². The highest BCUT2D eigenvalue weighted by molar-refractivity contribution is 5.91. The molecule has 180 valence electrons. The van der Waals surface area contributed by atoms with Gasteiger partial charge in [0.05, 0.1) is 26.0 Å². The molecule has 0 unspecified atom stereocenters. The standard InChI is InChI=1S/C25H25FN6O3/c1-34-21-10-6-19(7-11-21)23(24-27-28-29-32(24)17-18-4-8-20(26)9-5-18)30-12-14-31(15-13-30)25(33)22-3-2-16-35-22/h2-11,16,23H,12-15,17H2,1H3/t23-/m0/s1. The van der Waals surface area contributed by atoms with Gasteiger partial charge in [0.25, 0.3) is 5.91 Å². The van der Waals surface area contributed by atoms with Crippen molar-refractivity contribution in [3.63, 3.8) is 0 Å². The van der Waals surface area contributed by atoms with Crippen LogP contribution in [0.1, 0.15) is 33.5 Å². The summed E-state index contributed by atoms with van der Waals surface area (Å²) in [6.45, 7) is 2.77. The van der Waals surface area contributed by atoms with Gasteiger partial charge in [-0.2, -0.15) is 0 Å². The van der Waals surface area contributed by atoms with Crippen LogP contribution in [0.5, 0.6) is 5.75 Å². The molecule has 1 atom stereocenters. The van der Waals surface area contributed by atoms with Crippen molar-refractivity contribution in [2.75, 3.05) is 33.3 Å². The molecular weight excluding hydrogens is 451 g/mol. The third-order valence-corrected chi connectivity index (χ3v) is 6.18. The molecule has 0 saturated carbocycles. The maximum atomic E-state index is 13.4. The molecule has 0 aliphatic carbocycles. The van der Waals surface area contributed by atoms with E-state index in [1.165, 1.54) is 18.4 Å². The average Bonchev–Trinajstić information content (AvgIpc) is 3.59. The van der Waals surface area contributed by atoms with E-state index in [1.54, 1.807) is 41.0 Å². The lowest BCUT2D eigenvalue weighted by atomic mass is 10.0. The van der Waals surface area contributed by atoms with Crippen LogP contribution < -0.4 is 4.74 Å². The summed E-state index contributed by atoms with van der Waals surface area (Å²) in [5.74, 6) is 1.37. The second-order valence-electron chi connectivity index (χ2n) is 8.30. The fourth-order valence-electron chi connectivity index (χ4n) is 4.33. The second kappa shape index (κ2) is 10.1. The van der Waals surface area contributed by atoms with Crippen molar-refractivity contribution in [3.05, 3.63) is 95.5 Å². The molecule has 5 rings (SSSR count). The number of benzene rings is 2. The van der Waals surface area contributed by atoms with Gasteiger partial charge in [-0.1, -0.05) is 24.3 Å². The molecule has 3 heterocycles. The molecule has 2 aromatic carbocycles. The van der Waals surface area contributed by atoms with Crippen LogP contribution in [0.15, 0.2) is 71.3 Å². The van der Waals surface area contributed by atoms with Crippen molar-refractivity contribution < 1.29 is 18.3 Å². The fraction of sp³-hybridized carbons (Fsp3) is 0.280. The second-order valence-corrected chi connectivity index (χ2v) is 8.30. The Morgan fingerprint density at radius 3 is 2.46 bits per heavy atom. The maximum absolute atomic E-state index is 13.4. The first-order valence-corrected chi connectivity index (χ1v) is 11.3. The molecule has 0 N–H and O–H groups in total. The van der Waals surface area contributed by atoms with E-state index in [0.29, 0.717) is 44.3 Å². The van der Waals surface area contributed by atoms with Crippen LogP contribution in [-0.2, 0) is 6.54 Å². The first-order chi connectivity index (χ1) is 17.1. The van der Waals surface area contributed by atoms with Crippen LogP contribution in [0, 0.1) is 5.82 Å². The first-order valence-electron chi connectivity index (χ1n) is 11.3. The van der Waals surface area contributed by atoms with E-state index in [1.807, 2.05) is 24.3 Å². The van der Waals surface area contributed by atoms with Gasteiger partial charge >= 0.3 is 0 Å². The van der Waals surface area contributed by atoms with Crippen LogP contribution in [0.25, 0.3) is 0 Å². The van der Waals surface area contributed by atoms with Gasteiger partial charge in [-0.3, -0.25) is 9.69 Å². The van der Waals surface area contributed by atoms with E-state index in [4.69, 9.17) is 9.15 Å². The van der Waals surface area contributed by atoms with Crippen molar-refractivity contribution in [2.24, 2.45) is 0 Å². The van der Waals surface area contributed by atoms with Gasteiger partial charge in [0.2, 0.25) is 0 Å². The topological polar surface area (TPSA) is 89.5 Å². The van der Waals surface area contributed by atoms with E-state index in [9.17, 15) is 9.18 Å². The molecule has 0 radical (unpaired) electrons. The molecule has 35 heavy (non-hydrogen) atoms. The number of amides is 1. The zero-order valence-electron chi connectivity index (χ0n) is 19.2. The third kappa shape index (κ3) is 4.92. The summed E-state index contributed by atoms with van der Waals surface area (Å²) in [5, 5.41) is 12.5. The Kier molecular flexibility index (Phi) is 6.53. The summed E-state index contributed by atoms with van der Waals surface area (Å²) in [4.78, 5) is 16.8. The summed E-state index contributed by atoms with van der Waals surface area (Å²) in [5.41, 5.74) is 1.90. The van der Waals surface area contributed by atoms with Gasteiger partial charge in [0, 0.05) is 26.2 Å². The molecule has 1 saturated heterocycles. The Morgan fingerprint density at radius 1 is 1.06 bits per heavy atom. The van der Waals surface area contributed by atoms with E-state index in [-0.39, 0.29) is 17.8 Å². The number of hydrogen-bond acceptors (Lipinski definition) is 7. The molecular formula is C25H25FN6O3. The van der Waals surface area contributed by atoms with Crippen molar-refractivity contribution >= 4 is 5.91 Å². The largest absolute Gasteiger partial charge is 0.497 e. The van der Waals surface area contributed by atoms with Gasteiger partial charge in [-0.05, 0) is 58.0 Å². The minimum atomic E-state index is -0.288. The summed E-state index contributed by atoms with van der Waals surface area (Å²) in [6, 6.07) is 17.3. The Hall–Kier alpha value is -4.05. The fourth-order valence-corrected chi connectivity index (χ4v) is 4.33. The number of nitrogens with zero attached hydrogens (tertiary/aromatic N) is 6. The summed E-state index contributed by atoms with van der Waals surface area (Å²) >= 11 is 0. The summed E-state index contributed by atoms with van der Waals surface area (Å²) < 4.78 is 25.7. The molecule has 4 aromatic rings. The van der Waals surface area contributed by atoms with E-state index in [2.05, 4.69) is 20.4 Å². The number of carbonyl (C=O) groups excluding carboxylic acids is 1. The number of methoxy groups -OCH3 is 1. The molecule has 1 aliphatic rings. The lowest BCUT2D eigenvalue weighted by Crippen LogP contribution is -2.50. The van der Waals surface area contributed by atoms with Crippen molar-refractivity contribution in [1.82, 2.24) is 30.0 Å². The highest BCUT2D eigenvalue weighted by Crippen LogP contribution is 2.30. The predicted molar refractivity (Wildman–Crippen MR) is 124 cm³/mol. The Labute approximate surface area is 201 Å². The third-order valence-electron chi connectivity index (χ3n) is 6.18. The Bertz CT molecular complexity index is 1250. The van der Waals surface area contributed by atoms with Crippen molar-refractivity contribution in [1.29, 1.82) is 0 Å². The van der Waals surface area contributed by atoms with E-state index >= 15 is 0 Å².